The summed E-state index contributed by atoms with van der Waals surface area (Å²) in [7, 11) is 1.75. The molecule has 0 aromatic rings. The number of amides is 1. The third-order valence-electron chi connectivity index (χ3n) is 3.31. The third kappa shape index (κ3) is 19.3. The molecule has 0 heterocycles. The number of hydrogen-bond donors (Lipinski definition) is 2. The second-order valence-electron chi connectivity index (χ2n) is 8.27. The van der Waals surface area contributed by atoms with Crippen LogP contribution in [0, 0.1) is 5.41 Å². The molecule has 5 heteroatoms. The van der Waals surface area contributed by atoms with Gasteiger partial charge in [0.2, 0.25) is 6.41 Å². The van der Waals surface area contributed by atoms with E-state index >= 15 is 0 Å². The molecule has 0 aromatic carbocycles. The van der Waals surface area contributed by atoms with Crippen LogP contribution in [0.15, 0.2) is 0 Å². The average molecular weight is 333 g/mol. The first kappa shape index (κ1) is 24.6. The Balaban J connectivity index is 0. The van der Waals surface area contributed by atoms with Crippen LogP contribution in [0.25, 0.3) is 0 Å². The third-order valence-corrected chi connectivity index (χ3v) is 3.31. The number of methoxy groups -OCH3 is 1. The molecular weight excluding hydrogens is 292 g/mol. The molecular formula is C18H40N2O3. The molecule has 0 spiro atoms. The van der Waals surface area contributed by atoms with Crippen LogP contribution in [0.4, 0.5) is 0 Å². The van der Waals surface area contributed by atoms with E-state index in [9.17, 15) is 4.79 Å². The van der Waals surface area contributed by atoms with Gasteiger partial charge in [-0.1, -0.05) is 20.8 Å². The summed E-state index contributed by atoms with van der Waals surface area (Å²) in [5.41, 5.74) is 5.28. The summed E-state index contributed by atoms with van der Waals surface area (Å²) in [5, 5.41) is 2.49. The van der Waals surface area contributed by atoms with Gasteiger partial charge in [-0.15, -0.1) is 0 Å². The highest BCUT2D eigenvalue weighted by molar-refractivity contribution is 5.45. The molecule has 1 amide bonds. The summed E-state index contributed by atoms with van der Waals surface area (Å²) in [5.74, 6) is 0. The molecule has 0 atom stereocenters. The van der Waals surface area contributed by atoms with Crippen LogP contribution in [0.3, 0.4) is 0 Å². The lowest BCUT2D eigenvalue weighted by Gasteiger charge is -2.33. The van der Waals surface area contributed by atoms with Gasteiger partial charge in [-0.3, -0.25) is 4.79 Å². The minimum Gasteiger partial charge on any atom is -0.379 e. The monoisotopic (exact) mass is 332 g/mol. The highest BCUT2D eigenvalue weighted by atomic mass is 16.5. The van der Waals surface area contributed by atoms with E-state index in [2.05, 4.69) is 53.8 Å². The van der Waals surface area contributed by atoms with Gasteiger partial charge in [0.05, 0.1) is 17.8 Å². The van der Waals surface area contributed by atoms with Crippen molar-refractivity contribution in [2.45, 2.75) is 78.9 Å². The van der Waals surface area contributed by atoms with E-state index in [1.807, 2.05) is 0 Å². The molecule has 0 rings (SSSR count). The molecule has 5 nitrogen and oxygen atoms in total. The smallest absolute Gasteiger partial charge is 0.207 e. The Bertz CT molecular complexity index is 297. The summed E-state index contributed by atoms with van der Waals surface area (Å²) < 4.78 is 11.3. The molecule has 0 aliphatic carbocycles. The first-order valence-corrected chi connectivity index (χ1v) is 8.45. The van der Waals surface area contributed by atoms with Crippen molar-refractivity contribution in [2.24, 2.45) is 11.1 Å². The molecule has 0 aromatic heterocycles. The Hall–Kier alpha value is -0.650. The predicted octanol–water partition coefficient (Wildman–Crippen LogP) is 3.11. The number of carbonyl (C=O) groups is 1. The van der Waals surface area contributed by atoms with Crippen LogP contribution >= 0.6 is 0 Å². The number of rotatable bonds is 10. The fraction of sp³-hybridized carbons (Fsp3) is 0.944. The van der Waals surface area contributed by atoms with Crippen molar-refractivity contribution in [3.63, 3.8) is 0 Å². The lowest BCUT2D eigenvalue weighted by molar-refractivity contribution is -0.109. The maximum Gasteiger partial charge on any atom is 0.207 e. The zero-order valence-electron chi connectivity index (χ0n) is 16.6. The predicted molar refractivity (Wildman–Crippen MR) is 97.5 cm³/mol. The Morgan fingerprint density at radius 3 is 2.00 bits per heavy atom. The fourth-order valence-corrected chi connectivity index (χ4v) is 2.27. The average Bonchev–Trinajstić information content (AvgIpc) is 2.37. The van der Waals surface area contributed by atoms with Crippen molar-refractivity contribution in [1.82, 2.24) is 5.32 Å². The molecule has 23 heavy (non-hydrogen) atoms. The molecule has 0 bridgehead atoms. The Labute approximate surface area is 143 Å². The highest BCUT2D eigenvalue weighted by Crippen LogP contribution is 2.29. The largest absolute Gasteiger partial charge is 0.379 e. The fourth-order valence-electron chi connectivity index (χ4n) is 2.27. The topological polar surface area (TPSA) is 73.6 Å². The molecule has 3 N–H and O–H groups in total. The van der Waals surface area contributed by atoms with Crippen LogP contribution in [-0.4, -0.2) is 44.4 Å². The summed E-state index contributed by atoms with van der Waals surface area (Å²) >= 11 is 0. The van der Waals surface area contributed by atoms with Gasteiger partial charge in [0.15, 0.2) is 0 Å². The van der Waals surface area contributed by atoms with E-state index in [0.29, 0.717) is 24.9 Å². The Morgan fingerprint density at radius 2 is 1.61 bits per heavy atom. The number of nitrogens with one attached hydrogen (secondary N) is 1. The van der Waals surface area contributed by atoms with Crippen LogP contribution < -0.4 is 11.1 Å². The Morgan fingerprint density at radius 1 is 1.04 bits per heavy atom. The van der Waals surface area contributed by atoms with Gasteiger partial charge in [-0.05, 0) is 58.9 Å². The van der Waals surface area contributed by atoms with Gasteiger partial charge in [0.25, 0.3) is 0 Å². The molecule has 0 radical (unpaired) electrons. The zero-order chi connectivity index (χ0) is 18.6. The molecule has 0 unspecified atom stereocenters. The maximum absolute atomic E-state index is 9.53. The summed E-state index contributed by atoms with van der Waals surface area (Å²) in [6, 6.07) is 0. The second-order valence-corrected chi connectivity index (χ2v) is 8.27. The van der Waals surface area contributed by atoms with Gasteiger partial charge < -0.3 is 20.5 Å². The first-order valence-electron chi connectivity index (χ1n) is 8.45. The second kappa shape index (κ2) is 11.8. The van der Waals surface area contributed by atoms with E-state index in [4.69, 9.17) is 15.2 Å². The van der Waals surface area contributed by atoms with Crippen molar-refractivity contribution in [3.8, 4) is 0 Å². The number of carbonyl (C=O) groups excluding carboxylic acids is 1. The standard InChI is InChI=1S/C14H30O2.C4H10N2O/c1-12(2,3)11-14(6,7)16-10-9-13(4,5)15-8;5-2-1-3-6-4-7/h9-11H2,1-8H3;4H,1-3,5H2,(H,6,7). The van der Waals surface area contributed by atoms with Crippen molar-refractivity contribution < 1.29 is 14.3 Å². The molecule has 0 fully saturated rings. The molecule has 0 aliphatic rings. The summed E-state index contributed by atoms with van der Waals surface area (Å²) in [6.07, 6.45) is 3.53. The summed E-state index contributed by atoms with van der Waals surface area (Å²) in [4.78, 5) is 9.53. The van der Waals surface area contributed by atoms with Crippen molar-refractivity contribution >= 4 is 6.41 Å². The van der Waals surface area contributed by atoms with E-state index in [0.717, 1.165) is 25.9 Å². The number of hydrogen-bond acceptors (Lipinski definition) is 4. The van der Waals surface area contributed by atoms with Crippen LogP contribution in [0.2, 0.25) is 0 Å². The quantitative estimate of drug-likeness (QED) is 0.476. The zero-order valence-corrected chi connectivity index (χ0v) is 16.6. The van der Waals surface area contributed by atoms with Gasteiger partial charge in [0.1, 0.15) is 0 Å². The highest BCUT2D eigenvalue weighted by Gasteiger charge is 2.27. The number of ether oxygens (including phenoxy) is 2. The summed E-state index contributed by atoms with van der Waals surface area (Å²) in [6.45, 7) is 17.3. The van der Waals surface area contributed by atoms with Gasteiger partial charge >= 0.3 is 0 Å². The molecule has 0 aliphatic heterocycles. The van der Waals surface area contributed by atoms with Crippen molar-refractivity contribution in [2.75, 3.05) is 26.8 Å². The van der Waals surface area contributed by atoms with Crippen molar-refractivity contribution in [1.29, 1.82) is 0 Å². The first-order chi connectivity index (χ1) is 10.4. The SMILES string of the molecule is COC(C)(C)CCOC(C)(C)CC(C)(C)C.NCCCNC=O. The van der Waals surface area contributed by atoms with Gasteiger partial charge in [-0.25, -0.2) is 0 Å². The lowest BCUT2D eigenvalue weighted by Crippen LogP contribution is -2.33. The number of nitrogens with two attached hydrogens (primary N) is 1. The van der Waals surface area contributed by atoms with E-state index in [-0.39, 0.29) is 11.2 Å². The molecule has 0 saturated heterocycles. The lowest BCUT2D eigenvalue weighted by atomic mass is 9.83. The minimum atomic E-state index is -0.0855. The maximum atomic E-state index is 9.53. The molecule has 140 valence electrons. The normalized spacial score (nSPS) is 12.4. The van der Waals surface area contributed by atoms with Crippen LogP contribution in [0.1, 0.15) is 67.7 Å². The van der Waals surface area contributed by atoms with Gasteiger partial charge in [0, 0.05) is 13.7 Å². The molecule has 0 saturated carbocycles. The Kier molecular flexibility index (Phi) is 12.6. The van der Waals surface area contributed by atoms with Crippen molar-refractivity contribution in [3.05, 3.63) is 0 Å². The van der Waals surface area contributed by atoms with E-state index in [1.54, 1.807) is 7.11 Å². The minimum absolute atomic E-state index is 0.0535. The van der Waals surface area contributed by atoms with Crippen LogP contribution in [-0.2, 0) is 14.3 Å². The van der Waals surface area contributed by atoms with E-state index < -0.39 is 0 Å². The van der Waals surface area contributed by atoms with Crippen LogP contribution in [0.5, 0.6) is 0 Å². The van der Waals surface area contributed by atoms with E-state index in [1.165, 1.54) is 0 Å². The van der Waals surface area contributed by atoms with Gasteiger partial charge in [-0.2, -0.15) is 0 Å².